The van der Waals surface area contributed by atoms with Crippen LogP contribution in [0.2, 0.25) is 0 Å². The second-order valence-electron chi connectivity index (χ2n) is 10.7. The third kappa shape index (κ3) is 6.35. The first-order valence-electron chi connectivity index (χ1n) is 14.3. The van der Waals surface area contributed by atoms with Crippen LogP contribution in [0.25, 0.3) is 0 Å². The van der Waals surface area contributed by atoms with E-state index < -0.39 is 16.1 Å². The van der Waals surface area contributed by atoms with Crippen molar-refractivity contribution in [3.05, 3.63) is 179 Å². The maximum Gasteiger partial charge on any atom is 0.324 e. The summed E-state index contributed by atoms with van der Waals surface area (Å²) in [6.07, 6.45) is -0.430. The Kier molecular flexibility index (Phi) is 9.58. The third-order valence-electron chi connectivity index (χ3n) is 7.78. The van der Waals surface area contributed by atoms with E-state index in [1.165, 1.54) is 0 Å². The lowest BCUT2D eigenvalue weighted by Gasteiger charge is -2.38. The fourth-order valence-corrected chi connectivity index (χ4v) is 6.94. The molecule has 0 aliphatic carbocycles. The van der Waals surface area contributed by atoms with Gasteiger partial charge in [0, 0.05) is 6.04 Å². The molecule has 5 rings (SSSR count). The highest BCUT2D eigenvalue weighted by Crippen LogP contribution is 2.54. The molecule has 0 spiro atoms. The van der Waals surface area contributed by atoms with Gasteiger partial charge in [0.1, 0.15) is 11.4 Å². The molecule has 5 aromatic carbocycles. The molecule has 5 aromatic rings. The smallest absolute Gasteiger partial charge is 0.324 e. The highest BCUT2D eigenvalue weighted by molar-refractivity contribution is 8.01. The Morgan fingerprint density at radius 2 is 0.952 bits per heavy atom. The summed E-state index contributed by atoms with van der Waals surface area (Å²) < 4.78 is 5.85. The molecule has 3 nitrogen and oxygen atoms in total. The molecule has 0 saturated carbocycles. The van der Waals surface area contributed by atoms with Crippen molar-refractivity contribution in [2.75, 3.05) is 14.1 Å². The SMILES string of the molecule is C[C@@H]([C@@H](OC(=O)[C@H](SC(c1ccccc1)(c1ccccc1)c1ccccc1)c1ccccc1)c1ccccc1)N(C)C. The van der Waals surface area contributed by atoms with E-state index in [2.05, 4.69) is 84.6 Å². The number of esters is 1. The molecule has 0 aromatic heterocycles. The van der Waals surface area contributed by atoms with Crippen LogP contribution in [0.5, 0.6) is 0 Å². The molecular weight excluding hydrogens is 534 g/mol. The van der Waals surface area contributed by atoms with Crippen molar-refractivity contribution in [3.63, 3.8) is 0 Å². The molecule has 0 unspecified atom stereocenters. The van der Waals surface area contributed by atoms with Crippen molar-refractivity contribution < 1.29 is 9.53 Å². The summed E-state index contributed by atoms with van der Waals surface area (Å²) in [7, 11) is 4.03. The lowest BCUT2D eigenvalue weighted by molar-refractivity contribution is -0.151. The monoisotopic (exact) mass is 571 g/mol. The zero-order valence-corrected chi connectivity index (χ0v) is 25.2. The fraction of sp³-hybridized carbons (Fsp3) is 0.184. The Morgan fingerprint density at radius 1 is 0.595 bits per heavy atom. The van der Waals surface area contributed by atoms with Crippen LogP contribution < -0.4 is 0 Å². The number of benzene rings is 5. The average Bonchev–Trinajstić information content (AvgIpc) is 3.06. The van der Waals surface area contributed by atoms with Gasteiger partial charge in [0.2, 0.25) is 0 Å². The standard InChI is InChI=1S/C38H37NO2S/c1-29(39(2)3)35(30-19-9-4-10-20-30)41-37(40)36(31-21-11-5-12-22-31)42-38(32-23-13-6-14-24-32,33-25-15-7-16-26-33)34-27-17-8-18-28-34/h4-29,35-36H,1-3H3/t29-,35+,36+/m0/s1. The molecule has 0 aliphatic heterocycles. The first-order chi connectivity index (χ1) is 20.5. The molecule has 212 valence electrons. The van der Waals surface area contributed by atoms with Crippen LogP contribution in [0.4, 0.5) is 0 Å². The average molecular weight is 572 g/mol. The first-order valence-corrected chi connectivity index (χ1v) is 15.2. The van der Waals surface area contributed by atoms with E-state index in [-0.39, 0.29) is 12.0 Å². The van der Waals surface area contributed by atoms with Crippen LogP contribution in [-0.2, 0) is 14.3 Å². The van der Waals surface area contributed by atoms with Gasteiger partial charge in [-0.2, -0.15) is 0 Å². The molecule has 0 amide bonds. The van der Waals surface area contributed by atoms with Crippen LogP contribution >= 0.6 is 11.8 Å². The van der Waals surface area contributed by atoms with E-state index in [0.29, 0.717) is 0 Å². The predicted octanol–water partition coefficient (Wildman–Crippen LogP) is 8.69. The lowest BCUT2D eigenvalue weighted by atomic mass is 9.84. The van der Waals surface area contributed by atoms with Crippen LogP contribution in [0.3, 0.4) is 0 Å². The summed E-state index contributed by atoms with van der Waals surface area (Å²) in [5, 5.41) is -0.604. The molecule has 42 heavy (non-hydrogen) atoms. The van der Waals surface area contributed by atoms with Crippen LogP contribution in [0.1, 0.15) is 46.1 Å². The Morgan fingerprint density at radius 3 is 1.33 bits per heavy atom. The second kappa shape index (κ2) is 13.7. The molecule has 0 aliphatic rings. The van der Waals surface area contributed by atoms with E-state index in [4.69, 9.17) is 4.74 Å². The highest BCUT2D eigenvalue weighted by Gasteiger charge is 2.43. The van der Waals surface area contributed by atoms with E-state index in [9.17, 15) is 4.79 Å². The quantitative estimate of drug-likeness (QED) is 0.117. The number of ether oxygens (including phenoxy) is 1. The predicted molar refractivity (Wildman–Crippen MR) is 174 cm³/mol. The van der Waals surface area contributed by atoms with E-state index in [1.807, 2.05) is 93.0 Å². The zero-order valence-electron chi connectivity index (χ0n) is 24.3. The number of likely N-dealkylation sites (N-methyl/N-ethyl adjacent to an activating group) is 1. The minimum absolute atomic E-state index is 0.0279. The summed E-state index contributed by atoms with van der Waals surface area (Å²) in [5.74, 6) is -0.263. The summed E-state index contributed by atoms with van der Waals surface area (Å²) in [4.78, 5) is 16.7. The minimum atomic E-state index is -0.682. The van der Waals surface area contributed by atoms with E-state index in [1.54, 1.807) is 11.8 Å². The third-order valence-corrected chi connectivity index (χ3v) is 9.54. The van der Waals surface area contributed by atoms with E-state index >= 15 is 0 Å². The van der Waals surface area contributed by atoms with Gasteiger partial charge in [0.05, 0.1) is 4.75 Å². The Bertz CT molecular complexity index is 1430. The number of hydrogen-bond acceptors (Lipinski definition) is 4. The topological polar surface area (TPSA) is 29.5 Å². The summed E-state index contributed by atoms with van der Waals surface area (Å²) >= 11 is 1.63. The number of hydrogen-bond donors (Lipinski definition) is 0. The van der Waals surface area contributed by atoms with Crippen molar-refractivity contribution in [2.45, 2.75) is 29.1 Å². The van der Waals surface area contributed by atoms with Gasteiger partial charge in [-0.25, -0.2) is 0 Å². The van der Waals surface area contributed by atoms with Gasteiger partial charge in [-0.3, -0.25) is 4.79 Å². The van der Waals surface area contributed by atoms with Crippen LogP contribution in [0, 0.1) is 0 Å². The molecule has 4 heteroatoms. The number of rotatable bonds is 11. The minimum Gasteiger partial charge on any atom is -0.455 e. The Hall–Kier alpha value is -4.12. The highest BCUT2D eigenvalue weighted by atomic mass is 32.2. The van der Waals surface area contributed by atoms with Gasteiger partial charge in [0.15, 0.2) is 0 Å². The van der Waals surface area contributed by atoms with Crippen LogP contribution in [0.15, 0.2) is 152 Å². The Labute approximate surface area is 254 Å². The van der Waals surface area contributed by atoms with Crippen molar-refractivity contribution >= 4 is 17.7 Å². The molecule has 0 heterocycles. The van der Waals surface area contributed by atoms with Crippen molar-refractivity contribution in [3.8, 4) is 0 Å². The van der Waals surface area contributed by atoms with Crippen molar-refractivity contribution in [1.29, 1.82) is 0 Å². The lowest BCUT2D eigenvalue weighted by Crippen LogP contribution is -2.35. The second-order valence-corrected chi connectivity index (χ2v) is 12.0. The van der Waals surface area contributed by atoms with Gasteiger partial charge in [-0.1, -0.05) is 152 Å². The molecule has 0 bridgehead atoms. The van der Waals surface area contributed by atoms with Crippen LogP contribution in [-0.4, -0.2) is 31.0 Å². The maximum absolute atomic E-state index is 14.6. The molecule has 0 radical (unpaired) electrons. The van der Waals surface area contributed by atoms with E-state index in [0.717, 1.165) is 27.8 Å². The Balaban J connectivity index is 1.67. The molecular formula is C38H37NO2S. The van der Waals surface area contributed by atoms with Gasteiger partial charge < -0.3 is 9.64 Å². The number of thioether (sulfide) groups is 1. The summed E-state index contributed by atoms with van der Waals surface area (Å²) in [6.45, 7) is 2.10. The molecule has 0 saturated heterocycles. The van der Waals surface area contributed by atoms with Gasteiger partial charge in [-0.05, 0) is 48.8 Å². The summed E-state index contributed by atoms with van der Waals surface area (Å²) in [6, 6.07) is 51.4. The number of carbonyl (C=O) groups excluding carboxylic acids is 1. The molecule has 0 fully saturated rings. The molecule has 0 N–H and O–H groups in total. The van der Waals surface area contributed by atoms with Gasteiger partial charge >= 0.3 is 5.97 Å². The number of carbonyl (C=O) groups is 1. The molecule has 3 atom stereocenters. The summed E-state index contributed by atoms with van der Waals surface area (Å²) in [5.41, 5.74) is 5.18. The largest absolute Gasteiger partial charge is 0.455 e. The normalized spacial score (nSPS) is 13.7. The maximum atomic E-state index is 14.6. The fourth-order valence-electron chi connectivity index (χ4n) is 5.33. The van der Waals surface area contributed by atoms with Crippen molar-refractivity contribution in [2.24, 2.45) is 0 Å². The number of nitrogens with zero attached hydrogens (tertiary/aromatic N) is 1. The zero-order chi connectivity index (χ0) is 29.4. The van der Waals surface area contributed by atoms with Gasteiger partial charge in [0.25, 0.3) is 0 Å². The first kappa shape index (κ1) is 29.4. The van der Waals surface area contributed by atoms with Crippen molar-refractivity contribution in [1.82, 2.24) is 4.90 Å². The van der Waals surface area contributed by atoms with Gasteiger partial charge in [-0.15, -0.1) is 11.8 Å².